The van der Waals surface area contributed by atoms with Crippen LogP contribution in [0.4, 0.5) is 0 Å². The quantitative estimate of drug-likeness (QED) is 0.752. The summed E-state index contributed by atoms with van der Waals surface area (Å²) in [5, 5.41) is 0. The van der Waals surface area contributed by atoms with Crippen LogP contribution in [0.3, 0.4) is 0 Å². The number of hydrogen-bond acceptors (Lipinski definition) is 3. The van der Waals surface area contributed by atoms with E-state index in [4.69, 9.17) is 5.73 Å². The molecule has 0 aliphatic heterocycles. The van der Waals surface area contributed by atoms with E-state index in [-0.39, 0.29) is 23.3 Å². The van der Waals surface area contributed by atoms with Crippen molar-refractivity contribution < 1.29 is 8.42 Å². The van der Waals surface area contributed by atoms with Crippen molar-refractivity contribution in [3.63, 3.8) is 0 Å². The third-order valence-corrected chi connectivity index (χ3v) is 5.24. The van der Waals surface area contributed by atoms with Crippen molar-refractivity contribution >= 4 is 38.4 Å². The summed E-state index contributed by atoms with van der Waals surface area (Å²) in [6.07, 6.45) is 0.607. The Kier molecular flexibility index (Phi) is 7.70. The first-order valence-corrected chi connectivity index (χ1v) is 9.27. The van der Waals surface area contributed by atoms with E-state index in [1.165, 1.54) is 0 Å². The monoisotopic (exact) mass is 418 g/mol. The zero-order chi connectivity index (χ0) is 16.2. The highest BCUT2D eigenvalue weighted by molar-refractivity contribution is 9.10. The van der Waals surface area contributed by atoms with Gasteiger partial charge in [0.1, 0.15) is 0 Å². The van der Waals surface area contributed by atoms with Gasteiger partial charge in [0.2, 0.25) is 10.0 Å². The molecule has 2 aromatic rings. The lowest BCUT2D eigenvalue weighted by atomic mass is 10.1. The van der Waals surface area contributed by atoms with Crippen LogP contribution in [-0.4, -0.2) is 21.0 Å². The number of nitrogens with two attached hydrogens (primary N) is 1. The number of benzene rings is 2. The summed E-state index contributed by atoms with van der Waals surface area (Å²) in [7, 11) is -3.47. The smallest absolute Gasteiger partial charge is 0.240 e. The maximum Gasteiger partial charge on any atom is 0.240 e. The van der Waals surface area contributed by atoms with Gasteiger partial charge in [-0.3, -0.25) is 0 Å². The average molecular weight is 420 g/mol. The fourth-order valence-corrected chi connectivity index (χ4v) is 3.29. The lowest BCUT2D eigenvalue weighted by Crippen LogP contribution is -2.29. The molecule has 0 bridgehead atoms. The molecule has 2 aromatic carbocycles. The van der Waals surface area contributed by atoms with Crippen molar-refractivity contribution in [3.8, 4) is 11.1 Å². The van der Waals surface area contributed by atoms with Crippen molar-refractivity contribution in [2.45, 2.75) is 24.3 Å². The van der Waals surface area contributed by atoms with Crippen LogP contribution in [0, 0.1) is 0 Å². The molecule has 0 heterocycles. The molecule has 1 unspecified atom stereocenters. The maximum atomic E-state index is 12.1. The summed E-state index contributed by atoms with van der Waals surface area (Å²) in [4.78, 5) is 0.262. The van der Waals surface area contributed by atoms with Gasteiger partial charge in [-0.25, -0.2) is 13.1 Å². The van der Waals surface area contributed by atoms with Crippen LogP contribution in [0.25, 0.3) is 11.1 Å². The summed E-state index contributed by atoms with van der Waals surface area (Å²) in [6.45, 7) is 2.19. The molecule has 0 saturated carbocycles. The van der Waals surface area contributed by atoms with Gasteiger partial charge in [0.25, 0.3) is 0 Å². The van der Waals surface area contributed by atoms with Crippen LogP contribution >= 0.6 is 28.3 Å². The topological polar surface area (TPSA) is 72.2 Å². The van der Waals surface area contributed by atoms with Crippen molar-refractivity contribution in [3.05, 3.63) is 53.0 Å². The third kappa shape index (κ3) is 5.90. The molecular formula is C16H20BrClN2O2S. The van der Waals surface area contributed by atoms with E-state index in [1.54, 1.807) is 12.1 Å². The number of nitrogens with one attached hydrogen (secondary N) is 1. The summed E-state index contributed by atoms with van der Waals surface area (Å²) in [6, 6.07) is 14.7. The number of sulfonamides is 1. The molecule has 126 valence electrons. The third-order valence-electron chi connectivity index (χ3n) is 3.23. The van der Waals surface area contributed by atoms with Crippen molar-refractivity contribution in [1.29, 1.82) is 0 Å². The predicted molar refractivity (Wildman–Crippen MR) is 100 cm³/mol. The second-order valence-corrected chi connectivity index (χ2v) is 7.88. The fraction of sp³-hybridized carbons (Fsp3) is 0.250. The van der Waals surface area contributed by atoms with Crippen LogP contribution in [0.5, 0.6) is 0 Å². The molecule has 0 aromatic heterocycles. The number of rotatable bonds is 6. The van der Waals surface area contributed by atoms with Crippen molar-refractivity contribution in [2.75, 3.05) is 6.54 Å². The van der Waals surface area contributed by atoms with Gasteiger partial charge in [0.05, 0.1) is 4.90 Å². The lowest BCUT2D eigenvalue weighted by molar-refractivity contribution is 0.572. The molecule has 23 heavy (non-hydrogen) atoms. The Balaban J connectivity index is 0.00000264. The molecule has 0 aliphatic carbocycles. The van der Waals surface area contributed by atoms with Gasteiger partial charge < -0.3 is 5.73 Å². The van der Waals surface area contributed by atoms with E-state index in [0.717, 1.165) is 15.6 Å². The number of hydrogen-bond donors (Lipinski definition) is 2. The highest BCUT2D eigenvalue weighted by Crippen LogP contribution is 2.23. The van der Waals surface area contributed by atoms with E-state index in [0.29, 0.717) is 13.0 Å². The molecule has 2 rings (SSSR count). The van der Waals surface area contributed by atoms with E-state index in [9.17, 15) is 8.42 Å². The molecule has 0 radical (unpaired) electrons. The van der Waals surface area contributed by atoms with Crippen molar-refractivity contribution in [2.24, 2.45) is 5.73 Å². The summed E-state index contributed by atoms with van der Waals surface area (Å²) in [5.74, 6) is 0. The van der Waals surface area contributed by atoms with Crippen LogP contribution in [0.2, 0.25) is 0 Å². The second-order valence-electron chi connectivity index (χ2n) is 5.20. The standard InChI is InChI=1S/C16H19BrN2O2S.ClH/c1-12(18)10-11-19-22(20,21)16-8-4-14(5-9-16)13-2-6-15(17)7-3-13;/h2-9,12,19H,10-11,18H2,1H3;1H. The van der Waals surface area contributed by atoms with E-state index < -0.39 is 10.0 Å². The van der Waals surface area contributed by atoms with Crippen LogP contribution in [0.15, 0.2) is 57.9 Å². The van der Waals surface area contributed by atoms with Gasteiger partial charge in [-0.2, -0.15) is 0 Å². The van der Waals surface area contributed by atoms with E-state index >= 15 is 0 Å². The molecular weight excluding hydrogens is 400 g/mol. The minimum absolute atomic E-state index is 0. The molecule has 0 amide bonds. The van der Waals surface area contributed by atoms with Gasteiger partial charge in [-0.1, -0.05) is 40.2 Å². The molecule has 0 aliphatic rings. The van der Waals surface area contributed by atoms with Gasteiger partial charge in [0.15, 0.2) is 0 Å². The molecule has 0 saturated heterocycles. The molecule has 1 atom stereocenters. The highest BCUT2D eigenvalue weighted by atomic mass is 79.9. The Morgan fingerprint density at radius 2 is 1.52 bits per heavy atom. The first-order valence-electron chi connectivity index (χ1n) is 7.00. The minimum Gasteiger partial charge on any atom is -0.328 e. The van der Waals surface area contributed by atoms with Gasteiger partial charge >= 0.3 is 0 Å². The Morgan fingerprint density at radius 1 is 1.04 bits per heavy atom. The summed E-state index contributed by atoms with van der Waals surface area (Å²) < 4.78 is 27.9. The number of halogens is 2. The SMILES string of the molecule is CC(N)CCNS(=O)(=O)c1ccc(-c2ccc(Br)cc2)cc1.Cl. The molecule has 3 N–H and O–H groups in total. The second kappa shape index (κ2) is 8.80. The van der Waals surface area contributed by atoms with Gasteiger partial charge in [-0.05, 0) is 48.7 Å². The zero-order valence-corrected chi connectivity index (χ0v) is 15.9. The van der Waals surface area contributed by atoms with E-state index in [2.05, 4.69) is 20.7 Å². The van der Waals surface area contributed by atoms with E-state index in [1.807, 2.05) is 43.3 Å². The minimum atomic E-state index is -3.47. The largest absolute Gasteiger partial charge is 0.328 e. The molecule has 7 heteroatoms. The Labute approximate surface area is 152 Å². The predicted octanol–water partition coefficient (Wildman–Crippen LogP) is 3.55. The Morgan fingerprint density at radius 3 is 2.00 bits per heavy atom. The maximum absolute atomic E-state index is 12.1. The first-order chi connectivity index (χ1) is 10.4. The highest BCUT2D eigenvalue weighted by Gasteiger charge is 2.13. The molecule has 0 spiro atoms. The summed E-state index contributed by atoms with van der Waals surface area (Å²) in [5.41, 5.74) is 7.63. The average Bonchev–Trinajstić information content (AvgIpc) is 2.47. The normalized spacial score (nSPS) is 12.5. The summed E-state index contributed by atoms with van der Waals surface area (Å²) >= 11 is 3.39. The van der Waals surface area contributed by atoms with Gasteiger partial charge in [0, 0.05) is 17.1 Å². The fourth-order valence-electron chi connectivity index (χ4n) is 1.97. The zero-order valence-electron chi connectivity index (χ0n) is 12.7. The van der Waals surface area contributed by atoms with Crippen LogP contribution in [-0.2, 0) is 10.0 Å². The lowest BCUT2D eigenvalue weighted by Gasteiger charge is -2.09. The Hall–Kier alpha value is -0.920. The van der Waals surface area contributed by atoms with Crippen molar-refractivity contribution in [1.82, 2.24) is 4.72 Å². The van der Waals surface area contributed by atoms with Crippen LogP contribution in [0.1, 0.15) is 13.3 Å². The first kappa shape index (κ1) is 20.1. The van der Waals surface area contributed by atoms with Crippen LogP contribution < -0.4 is 10.5 Å². The Bertz CT molecular complexity index is 717. The molecule has 4 nitrogen and oxygen atoms in total. The van der Waals surface area contributed by atoms with Gasteiger partial charge in [-0.15, -0.1) is 12.4 Å². The molecule has 0 fully saturated rings.